The molecule has 2 unspecified atom stereocenters. The van der Waals surface area contributed by atoms with E-state index in [4.69, 9.17) is 9.47 Å². The number of hydrogen-bond donors (Lipinski definition) is 0. The fourth-order valence-electron chi connectivity index (χ4n) is 3.62. The molecule has 0 aliphatic carbocycles. The molecule has 1 aromatic rings. The fraction of sp³-hybridized carbons (Fsp3) is 0.632. The van der Waals surface area contributed by atoms with E-state index in [0.29, 0.717) is 17.5 Å². The SMILES string of the molecule is COC(=O)C1CC(N2Cc3cnc(SC)nc3N(C)C2=O)CN1C(=O)OC(C)(C)C. The van der Waals surface area contributed by atoms with Crippen LogP contribution in [0.4, 0.5) is 15.4 Å². The highest BCUT2D eigenvalue weighted by Crippen LogP contribution is 2.32. The summed E-state index contributed by atoms with van der Waals surface area (Å²) in [6, 6.07) is -1.43. The average Bonchev–Trinajstić information content (AvgIpc) is 3.14. The van der Waals surface area contributed by atoms with Crippen LogP contribution in [0.2, 0.25) is 0 Å². The van der Waals surface area contributed by atoms with Crippen molar-refractivity contribution in [2.45, 2.75) is 56.6 Å². The lowest BCUT2D eigenvalue weighted by Gasteiger charge is -2.37. The molecule has 0 aromatic carbocycles. The first-order chi connectivity index (χ1) is 14.1. The van der Waals surface area contributed by atoms with E-state index in [1.807, 2.05) is 6.26 Å². The molecule has 3 amide bonds. The second kappa shape index (κ2) is 8.29. The molecule has 11 heteroatoms. The zero-order valence-electron chi connectivity index (χ0n) is 18.0. The van der Waals surface area contributed by atoms with E-state index in [1.165, 1.54) is 28.7 Å². The van der Waals surface area contributed by atoms with Gasteiger partial charge in [0.25, 0.3) is 0 Å². The Kier molecular flexibility index (Phi) is 6.11. The van der Waals surface area contributed by atoms with Crippen molar-refractivity contribution in [2.75, 3.05) is 31.9 Å². The fourth-order valence-corrected chi connectivity index (χ4v) is 3.96. The van der Waals surface area contributed by atoms with Crippen molar-refractivity contribution in [2.24, 2.45) is 0 Å². The van der Waals surface area contributed by atoms with Crippen LogP contribution >= 0.6 is 11.8 Å². The summed E-state index contributed by atoms with van der Waals surface area (Å²) in [6.45, 7) is 5.75. The first-order valence-corrected chi connectivity index (χ1v) is 10.8. The molecule has 0 bridgehead atoms. The molecule has 10 nitrogen and oxygen atoms in total. The van der Waals surface area contributed by atoms with Crippen LogP contribution in [0.15, 0.2) is 11.4 Å². The smallest absolute Gasteiger partial charge is 0.411 e. The minimum Gasteiger partial charge on any atom is -0.467 e. The molecule has 2 aliphatic heterocycles. The van der Waals surface area contributed by atoms with Crippen LogP contribution in [0.5, 0.6) is 0 Å². The van der Waals surface area contributed by atoms with E-state index < -0.39 is 23.7 Å². The number of hydrogen-bond acceptors (Lipinski definition) is 8. The third kappa shape index (κ3) is 4.30. The summed E-state index contributed by atoms with van der Waals surface area (Å²) in [5.41, 5.74) is 0.0997. The molecule has 0 spiro atoms. The maximum Gasteiger partial charge on any atom is 0.411 e. The number of anilines is 1. The Morgan fingerprint density at radius 3 is 2.60 bits per heavy atom. The third-order valence-electron chi connectivity index (χ3n) is 5.01. The van der Waals surface area contributed by atoms with Crippen molar-refractivity contribution in [3.63, 3.8) is 0 Å². The molecule has 2 atom stereocenters. The van der Waals surface area contributed by atoms with Crippen LogP contribution < -0.4 is 4.90 Å². The molecule has 30 heavy (non-hydrogen) atoms. The normalized spacial score (nSPS) is 21.5. The number of amides is 3. The number of methoxy groups -OCH3 is 1. The average molecular weight is 438 g/mol. The lowest BCUT2D eigenvalue weighted by molar-refractivity contribution is -0.145. The van der Waals surface area contributed by atoms with Gasteiger partial charge < -0.3 is 14.4 Å². The Labute approximate surface area is 179 Å². The van der Waals surface area contributed by atoms with Gasteiger partial charge in [0.15, 0.2) is 5.16 Å². The lowest BCUT2D eigenvalue weighted by atomic mass is 10.1. The van der Waals surface area contributed by atoms with Crippen LogP contribution in [0.3, 0.4) is 0 Å². The molecule has 0 saturated carbocycles. The van der Waals surface area contributed by atoms with E-state index in [1.54, 1.807) is 38.9 Å². The third-order valence-corrected chi connectivity index (χ3v) is 5.58. The minimum atomic E-state index is -0.815. The molecule has 2 aliphatic rings. The molecule has 1 fully saturated rings. The predicted octanol–water partition coefficient (Wildman–Crippen LogP) is 2.12. The Hall–Kier alpha value is -2.56. The van der Waals surface area contributed by atoms with Crippen molar-refractivity contribution >= 4 is 35.7 Å². The molecule has 0 N–H and O–H groups in total. The van der Waals surface area contributed by atoms with E-state index >= 15 is 0 Å². The Morgan fingerprint density at radius 2 is 2.00 bits per heavy atom. The number of urea groups is 1. The molecule has 3 heterocycles. The van der Waals surface area contributed by atoms with Crippen molar-refractivity contribution in [1.29, 1.82) is 0 Å². The number of nitrogens with zero attached hydrogens (tertiary/aromatic N) is 5. The highest BCUT2D eigenvalue weighted by atomic mass is 32.2. The summed E-state index contributed by atoms with van der Waals surface area (Å²) < 4.78 is 10.3. The standard InChI is InChI=1S/C19H27N5O5S/c1-19(2,3)29-18(27)24-10-12(7-13(24)15(25)28-5)23-9-11-8-20-16(30-6)21-14(11)22(4)17(23)26/h8,12-13H,7,9-10H2,1-6H3. The number of carbonyl (C=O) groups is 3. The summed E-state index contributed by atoms with van der Waals surface area (Å²) in [5.74, 6) is 0.0385. The van der Waals surface area contributed by atoms with Gasteiger partial charge in [-0.05, 0) is 27.0 Å². The summed E-state index contributed by atoms with van der Waals surface area (Å²) in [6.07, 6.45) is 3.24. The molecule has 0 radical (unpaired) electrons. The lowest BCUT2D eigenvalue weighted by Crippen LogP contribution is -2.51. The summed E-state index contributed by atoms with van der Waals surface area (Å²) in [7, 11) is 2.93. The van der Waals surface area contributed by atoms with Gasteiger partial charge in [-0.2, -0.15) is 0 Å². The Balaban J connectivity index is 1.85. The predicted molar refractivity (Wildman–Crippen MR) is 110 cm³/mol. The van der Waals surface area contributed by atoms with E-state index in [0.717, 1.165) is 5.56 Å². The van der Waals surface area contributed by atoms with Gasteiger partial charge in [-0.15, -0.1) is 0 Å². The van der Waals surface area contributed by atoms with Crippen LogP contribution in [0, 0.1) is 0 Å². The summed E-state index contributed by atoms with van der Waals surface area (Å²) in [5, 5.41) is 0.588. The van der Waals surface area contributed by atoms with Crippen molar-refractivity contribution in [1.82, 2.24) is 19.8 Å². The zero-order valence-corrected chi connectivity index (χ0v) is 18.9. The van der Waals surface area contributed by atoms with Crippen molar-refractivity contribution in [3.05, 3.63) is 11.8 Å². The maximum absolute atomic E-state index is 13.1. The van der Waals surface area contributed by atoms with Gasteiger partial charge in [0.05, 0.1) is 19.7 Å². The number of likely N-dealkylation sites (tertiary alicyclic amines) is 1. The number of rotatable bonds is 3. The summed E-state index contributed by atoms with van der Waals surface area (Å²) in [4.78, 5) is 51.3. The molecule has 1 saturated heterocycles. The molecular formula is C19H27N5O5S. The van der Waals surface area contributed by atoms with E-state index in [2.05, 4.69) is 9.97 Å². The summed E-state index contributed by atoms with van der Waals surface area (Å²) >= 11 is 1.40. The van der Waals surface area contributed by atoms with Crippen molar-refractivity contribution < 1.29 is 23.9 Å². The maximum atomic E-state index is 13.1. The number of esters is 1. The van der Waals surface area contributed by atoms with Gasteiger partial charge in [-0.1, -0.05) is 11.8 Å². The Morgan fingerprint density at radius 1 is 1.30 bits per heavy atom. The minimum absolute atomic E-state index is 0.174. The van der Waals surface area contributed by atoms with Crippen LogP contribution in [-0.2, 0) is 20.8 Å². The van der Waals surface area contributed by atoms with Gasteiger partial charge in [-0.25, -0.2) is 24.4 Å². The number of thioether (sulfide) groups is 1. The first-order valence-electron chi connectivity index (χ1n) is 9.57. The van der Waals surface area contributed by atoms with Crippen LogP contribution in [-0.4, -0.2) is 82.5 Å². The van der Waals surface area contributed by atoms with Crippen molar-refractivity contribution in [3.8, 4) is 0 Å². The van der Waals surface area contributed by atoms with Gasteiger partial charge >= 0.3 is 18.1 Å². The number of ether oxygens (including phenoxy) is 2. The highest BCUT2D eigenvalue weighted by Gasteiger charge is 2.46. The van der Waals surface area contributed by atoms with E-state index in [9.17, 15) is 14.4 Å². The highest BCUT2D eigenvalue weighted by molar-refractivity contribution is 7.98. The monoisotopic (exact) mass is 437 g/mol. The van der Waals surface area contributed by atoms with Gasteiger partial charge in [-0.3, -0.25) is 9.80 Å². The molecule has 164 valence electrons. The first kappa shape index (κ1) is 22.1. The zero-order chi connectivity index (χ0) is 22.2. The largest absolute Gasteiger partial charge is 0.467 e. The van der Waals surface area contributed by atoms with Gasteiger partial charge in [0.2, 0.25) is 0 Å². The number of carbonyl (C=O) groups excluding carboxylic acids is 3. The molecule has 1 aromatic heterocycles. The van der Waals surface area contributed by atoms with Crippen LogP contribution in [0.1, 0.15) is 32.8 Å². The second-order valence-corrected chi connectivity index (χ2v) is 9.01. The quantitative estimate of drug-likeness (QED) is 0.402. The second-order valence-electron chi connectivity index (χ2n) is 8.24. The number of fused-ring (bicyclic) bond motifs is 1. The Bertz CT molecular complexity index is 858. The van der Waals surface area contributed by atoms with Gasteiger partial charge in [0.1, 0.15) is 17.5 Å². The van der Waals surface area contributed by atoms with Gasteiger partial charge in [0, 0.05) is 31.8 Å². The van der Waals surface area contributed by atoms with Crippen LogP contribution in [0.25, 0.3) is 0 Å². The molecule has 3 rings (SSSR count). The molecular weight excluding hydrogens is 410 g/mol. The van der Waals surface area contributed by atoms with E-state index in [-0.39, 0.29) is 25.0 Å². The topological polar surface area (TPSA) is 105 Å². The number of aromatic nitrogens is 2.